The van der Waals surface area contributed by atoms with Crippen molar-refractivity contribution >= 4 is 23.6 Å². The smallest absolute Gasteiger partial charge is 0.335 e. The van der Waals surface area contributed by atoms with Gasteiger partial charge in [-0.3, -0.25) is 4.79 Å². The van der Waals surface area contributed by atoms with Crippen molar-refractivity contribution in [2.24, 2.45) is 0 Å². The molecular formula is C13H17NO4S. The number of methoxy groups -OCH3 is 1. The van der Waals surface area contributed by atoms with Gasteiger partial charge in [-0.05, 0) is 24.6 Å². The van der Waals surface area contributed by atoms with Crippen molar-refractivity contribution in [1.82, 2.24) is 5.32 Å². The van der Waals surface area contributed by atoms with E-state index in [-0.39, 0.29) is 17.2 Å². The molecule has 0 radical (unpaired) electrons. The molecule has 0 aromatic heterocycles. The number of amides is 1. The minimum absolute atomic E-state index is 0.0977. The summed E-state index contributed by atoms with van der Waals surface area (Å²) in [5.74, 6) is -0.796. The van der Waals surface area contributed by atoms with E-state index in [0.717, 1.165) is 4.90 Å². The number of thioether (sulfide) groups is 1. The number of carbonyl (C=O) groups is 2. The van der Waals surface area contributed by atoms with Gasteiger partial charge in [-0.25, -0.2) is 4.79 Å². The molecule has 0 aliphatic heterocycles. The molecule has 0 spiro atoms. The second kappa shape index (κ2) is 7.81. The minimum Gasteiger partial charge on any atom is -0.478 e. The van der Waals surface area contributed by atoms with Gasteiger partial charge in [0.25, 0.3) is 0 Å². The number of rotatable bonds is 7. The zero-order chi connectivity index (χ0) is 14.3. The predicted octanol–water partition coefficient (Wildman–Crippen LogP) is 1.55. The van der Waals surface area contributed by atoms with E-state index in [1.807, 2.05) is 6.07 Å². The minimum atomic E-state index is -0.954. The number of hydrogen-bond acceptors (Lipinski definition) is 4. The summed E-state index contributed by atoms with van der Waals surface area (Å²) in [6, 6.07) is 5.15. The lowest BCUT2D eigenvalue weighted by Gasteiger charge is -2.06. The van der Waals surface area contributed by atoms with Crippen LogP contribution < -0.4 is 5.32 Å². The number of hydrogen-bond donors (Lipinski definition) is 2. The van der Waals surface area contributed by atoms with Crippen molar-refractivity contribution in [2.75, 3.05) is 26.0 Å². The molecule has 0 fully saturated rings. The van der Waals surface area contributed by atoms with E-state index in [1.165, 1.54) is 11.8 Å². The van der Waals surface area contributed by atoms with E-state index < -0.39 is 5.97 Å². The third-order valence-electron chi connectivity index (χ3n) is 2.44. The number of aromatic carboxylic acids is 1. The summed E-state index contributed by atoms with van der Waals surface area (Å²) >= 11 is 1.31. The molecule has 1 aromatic carbocycles. The van der Waals surface area contributed by atoms with Crippen LogP contribution in [0.15, 0.2) is 23.1 Å². The Morgan fingerprint density at radius 1 is 1.42 bits per heavy atom. The lowest BCUT2D eigenvalue weighted by molar-refractivity contribution is -0.118. The second-order valence-corrected chi connectivity index (χ2v) is 4.96. The first-order valence-corrected chi connectivity index (χ1v) is 6.75. The molecule has 1 aromatic rings. The third-order valence-corrected chi connectivity index (χ3v) is 3.43. The van der Waals surface area contributed by atoms with Gasteiger partial charge >= 0.3 is 5.97 Å². The summed E-state index contributed by atoms with van der Waals surface area (Å²) in [7, 11) is 1.57. The number of carboxylic acid groups (broad SMARTS) is 1. The van der Waals surface area contributed by atoms with Crippen LogP contribution in [0.1, 0.15) is 15.9 Å². The fourth-order valence-corrected chi connectivity index (χ4v) is 2.18. The summed E-state index contributed by atoms with van der Waals surface area (Å²) in [6.45, 7) is 2.70. The van der Waals surface area contributed by atoms with E-state index in [9.17, 15) is 9.59 Å². The molecule has 0 atom stereocenters. The van der Waals surface area contributed by atoms with Crippen LogP contribution in [0.5, 0.6) is 0 Å². The first-order chi connectivity index (χ1) is 9.04. The lowest BCUT2D eigenvalue weighted by atomic mass is 10.1. The summed E-state index contributed by atoms with van der Waals surface area (Å²) in [5, 5.41) is 11.7. The number of ether oxygens (including phenoxy) is 1. The predicted molar refractivity (Wildman–Crippen MR) is 73.7 cm³/mol. The van der Waals surface area contributed by atoms with Crippen molar-refractivity contribution in [3.05, 3.63) is 29.3 Å². The van der Waals surface area contributed by atoms with Gasteiger partial charge in [0.1, 0.15) is 0 Å². The first-order valence-electron chi connectivity index (χ1n) is 5.77. The zero-order valence-electron chi connectivity index (χ0n) is 10.9. The fourth-order valence-electron chi connectivity index (χ4n) is 1.41. The molecule has 0 aliphatic carbocycles. The van der Waals surface area contributed by atoms with E-state index >= 15 is 0 Å². The van der Waals surface area contributed by atoms with Crippen LogP contribution in [0, 0.1) is 6.92 Å². The van der Waals surface area contributed by atoms with E-state index in [4.69, 9.17) is 9.84 Å². The van der Waals surface area contributed by atoms with Gasteiger partial charge in [-0.15, -0.1) is 11.8 Å². The molecule has 5 nitrogen and oxygen atoms in total. The molecule has 0 aliphatic rings. The highest BCUT2D eigenvalue weighted by molar-refractivity contribution is 8.00. The Balaban J connectivity index is 2.51. The Kier molecular flexibility index (Phi) is 6.38. The maximum absolute atomic E-state index is 11.5. The van der Waals surface area contributed by atoms with Crippen molar-refractivity contribution in [3.63, 3.8) is 0 Å². The Morgan fingerprint density at radius 2 is 2.16 bits per heavy atom. The average molecular weight is 283 g/mol. The molecule has 0 unspecified atom stereocenters. The van der Waals surface area contributed by atoms with E-state index in [2.05, 4.69) is 5.32 Å². The van der Waals surface area contributed by atoms with Crippen LogP contribution in [0.4, 0.5) is 0 Å². The van der Waals surface area contributed by atoms with Gasteiger partial charge in [0, 0.05) is 18.6 Å². The van der Waals surface area contributed by atoms with Crippen LogP contribution in [0.25, 0.3) is 0 Å². The zero-order valence-corrected chi connectivity index (χ0v) is 11.8. The fraction of sp³-hybridized carbons (Fsp3) is 0.385. The first kappa shape index (κ1) is 15.5. The highest BCUT2D eigenvalue weighted by atomic mass is 32.2. The van der Waals surface area contributed by atoms with Crippen molar-refractivity contribution in [1.29, 1.82) is 0 Å². The molecular weight excluding hydrogens is 266 g/mol. The number of nitrogens with one attached hydrogen (secondary N) is 1. The van der Waals surface area contributed by atoms with Gasteiger partial charge in [-0.2, -0.15) is 0 Å². The van der Waals surface area contributed by atoms with Crippen LogP contribution in [0.2, 0.25) is 0 Å². The Hall–Kier alpha value is -1.53. The normalized spacial score (nSPS) is 10.2. The van der Waals surface area contributed by atoms with Gasteiger partial charge in [0.2, 0.25) is 5.91 Å². The molecule has 6 heteroatoms. The third kappa shape index (κ3) is 5.32. The van der Waals surface area contributed by atoms with Gasteiger partial charge in [0.05, 0.1) is 17.9 Å². The van der Waals surface area contributed by atoms with Gasteiger partial charge in [0.15, 0.2) is 0 Å². The molecule has 0 saturated heterocycles. The lowest BCUT2D eigenvalue weighted by Crippen LogP contribution is -2.28. The number of aryl methyl sites for hydroxylation is 1. The summed E-state index contributed by atoms with van der Waals surface area (Å²) in [5.41, 5.74) is 0.978. The molecule has 0 bridgehead atoms. The molecule has 104 valence electrons. The maximum atomic E-state index is 11.5. The van der Waals surface area contributed by atoms with Crippen LogP contribution in [-0.4, -0.2) is 43.0 Å². The number of carboxylic acids is 1. The average Bonchev–Trinajstić information content (AvgIpc) is 2.37. The summed E-state index contributed by atoms with van der Waals surface area (Å²) in [6.07, 6.45) is 0. The second-order valence-electron chi connectivity index (χ2n) is 3.91. The van der Waals surface area contributed by atoms with Crippen molar-refractivity contribution < 1.29 is 19.4 Å². The summed E-state index contributed by atoms with van der Waals surface area (Å²) in [4.78, 5) is 23.2. The Morgan fingerprint density at radius 3 is 2.79 bits per heavy atom. The van der Waals surface area contributed by atoms with Crippen molar-refractivity contribution in [2.45, 2.75) is 11.8 Å². The van der Waals surface area contributed by atoms with Crippen LogP contribution in [0.3, 0.4) is 0 Å². The summed E-state index contributed by atoms with van der Waals surface area (Å²) < 4.78 is 4.82. The van der Waals surface area contributed by atoms with Gasteiger partial charge in [-0.1, -0.05) is 6.07 Å². The molecule has 2 N–H and O–H groups in total. The SMILES string of the molecule is COCCNC(=O)CSc1ccc(C)c(C(=O)O)c1. The largest absolute Gasteiger partial charge is 0.478 e. The number of benzene rings is 1. The van der Waals surface area contributed by atoms with E-state index in [0.29, 0.717) is 18.7 Å². The maximum Gasteiger partial charge on any atom is 0.335 e. The van der Waals surface area contributed by atoms with Crippen LogP contribution in [-0.2, 0) is 9.53 Å². The molecule has 0 saturated carbocycles. The topological polar surface area (TPSA) is 75.6 Å². The quantitative estimate of drug-likeness (QED) is 0.586. The van der Waals surface area contributed by atoms with Crippen molar-refractivity contribution in [3.8, 4) is 0 Å². The Bertz CT molecular complexity index is 462. The number of carbonyl (C=O) groups excluding carboxylic acids is 1. The molecule has 0 heterocycles. The molecule has 19 heavy (non-hydrogen) atoms. The highest BCUT2D eigenvalue weighted by Gasteiger charge is 2.09. The van der Waals surface area contributed by atoms with Crippen LogP contribution >= 0.6 is 11.8 Å². The molecule has 1 amide bonds. The highest BCUT2D eigenvalue weighted by Crippen LogP contribution is 2.21. The van der Waals surface area contributed by atoms with Gasteiger partial charge < -0.3 is 15.2 Å². The monoisotopic (exact) mass is 283 g/mol. The standard InChI is InChI=1S/C13H17NO4S/c1-9-3-4-10(7-11(9)13(16)17)19-8-12(15)14-5-6-18-2/h3-4,7H,5-6,8H2,1-2H3,(H,14,15)(H,16,17). The Labute approximate surface area is 116 Å². The van der Waals surface area contributed by atoms with E-state index in [1.54, 1.807) is 26.2 Å². The molecule has 1 rings (SSSR count).